The number of aromatic nitrogens is 1. The van der Waals surface area contributed by atoms with Crippen molar-refractivity contribution in [3.05, 3.63) is 59.1 Å². The molecule has 0 spiro atoms. The summed E-state index contributed by atoms with van der Waals surface area (Å²) < 4.78 is 28.4. The average molecular weight is 439 g/mol. The normalized spacial score (nSPS) is 18.2. The summed E-state index contributed by atoms with van der Waals surface area (Å²) in [5.41, 5.74) is 1.19. The number of benzene rings is 1. The number of hydrogen-bond acceptors (Lipinski definition) is 6. The minimum absolute atomic E-state index is 0.00921. The van der Waals surface area contributed by atoms with E-state index in [9.17, 15) is 8.42 Å². The van der Waals surface area contributed by atoms with E-state index in [0.29, 0.717) is 4.21 Å². The van der Waals surface area contributed by atoms with Gasteiger partial charge in [0.05, 0.1) is 4.88 Å². The van der Waals surface area contributed by atoms with E-state index in [1.807, 2.05) is 43.3 Å². The number of hydrogen-bond donors (Lipinski definition) is 3. The highest BCUT2D eigenvalue weighted by atomic mass is 32.2. The van der Waals surface area contributed by atoms with E-state index in [0.717, 1.165) is 21.2 Å². The van der Waals surface area contributed by atoms with Crippen molar-refractivity contribution in [2.24, 2.45) is 0 Å². The monoisotopic (exact) mass is 438 g/mol. The van der Waals surface area contributed by atoms with Gasteiger partial charge in [0.2, 0.25) is 10.0 Å². The van der Waals surface area contributed by atoms with Crippen LogP contribution in [0.1, 0.15) is 22.8 Å². The maximum absolute atomic E-state index is 12.6. The molecule has 3 aromatic rings. The lowest BCUT2D eigenvalue weighted by Gasteiger charge is -2.04. The third-order valence-electron chi connectivity index (χ3n) is 4.00. The Hall–Kier alpha value is -2.27. The molecule has 0 unspecified atom stereocenters. The van der Waals surface area contributed by atoms with Crippen LogP contribution in [0.2, 0.25) is 0 Å². The molecule has 28 heavy (non-hydrogen) atoms. The zero-order valence-corrected chi connectivity index (χ0v) is 17.2. The molecule has 0 bridgehead atoms. The molecule has 1 fully saturated rings. The summed E-state index contributed by atoms with van der Waals surface area (Å²) in [6, 6.07) is 13.5. The number of nitrogens with one attached hydrogen (secondary N) is 1. The number of sulfonamides is 1. The number of nitrogens with zero attached hydrogens (tertiary/aromatic N) is 1. The van der Waals surface area contributed by atoms with Crippen LogP contribution in [0.15, 0.2) is 52.9 Å². The first kappa shape index (κ1) is 20.5. The number of carboxylic acid groups (broad SMARTS) is 2. The van der Waals surface area contributed by atoms with E-state index in [1.54, 1.807) is 23.6 Å². The minimum atomic E-state index is -3.47. The minimum Gasteiger partial charge on any atom is -0.450 e. The molecule has 0 saturated heterocycles. The second-order valence-electron chi connectivity index (χ2n) is 6.16. The molecule has 0 radical (unpaired) electrons. The average Bonchev–Trinajstić information content (AvgIpc) is 3.03. The van der Waals surface area contributed by atoms with Crippen molar-refractivity contribution in [3.8, 4) is 9.88 Å². The Morgan fingerprint density at radius 1 is 1.14 bits per heavy atom. The maximum atomic E-state index is 12.6. The Morgan fingerprint density at radius 2 is 1.82 bits per heavy atom. The Morgan fingerprint density at radius 3 is 2.43 bits per heavy atom. The molecule has 2 aromatic heterocycles. The van der Waals surface area contributed by atoms with Crippen LogP contribution >= 0.6 is 22.7 Å². The van der Waals surface area contributed by atoms with Gasteiger partial charge >= 0.3 is 6.16 Å². The SMILES string of the molecule is Cc1cnc(-c2ccc(S(=O)(=O)N[C@H]3C[C@@H]3c3ccccc3)s2)s1.O=C(O)O. The lowest BCUT2D eigenvalue weighted by atomic mass is 10.1. The highest BCUT2D eigenvalue weighted by Crippen LogP contribution is 2.42. The fourth-order valence-corrected chi connectivity index (χ4v) is 6.14. The Balaban J connectivity index is 0.000000516. The molecule has 7 nitrogen and oxygen atoms in total. The van der Waals surface area contributed by atoms with Crippen molar-refractivity contribution in [2.45, 2.75) is 29.5 Å². The molecule has 1 aliphatic carbocycles. The molecular formula is C18H18N2O5S3. The number of rotatable bonds is 5. The second-order valence-corrected chi connectivity index (χ2v) is 10.4. The molecular weight excluding hydrogens is 420 g/mol. The molecule has 2 heterocycles. The number of thiazole rings is 1. The van der Waals surface area contributed by atoms with E-state index in [1.165, 1.54) is 16.9 Å². The number of carbonyl (C=O) groups is 1. The van der Waals surface area contributed by atoms with Gasteiger partial charge in [0, 0.05) is 23.0 Å². The van der Waals surface area contributed by atoms with Crippen LogP contribution in [0, 0.1) is 6.92 Å². The fraction of sp³-hybridized carbons (Fsp3) is 0.222. The molecule has 3 N–H and O–H groups in total. The molecule has 148 valence electrons. The third kappa shape index (κ3) is 5.16. The van der Waals surface area contributed by atoms with Crippen LogP contribution in [-0.2, 0) is 10.0 Å². The van der Waals surface area contributed by atoms with Gasteiger partial charge in [-0.2, -0.15) is 0 Å². The Labute approximate surface area is 170 Å². The van der Waals surface area contributed by atoms with Crippen molar-refractivity contribution in [3.63, 3.8) is 0 Å². The summed E-state index contributed by atoms with van der Waals surface area (Å²) in [6.45, 7) is 1.99. The predicted molar refractivity (Wildman–Crippen MR) is 109 cm³/mol. The summed E-state index contributed by atoms with van der Waals surface area (Å²) in [5, 5.41) is 14.8. The fourth-order valence-electron chi connectivity index (χ4n) is 2.70. The van der Waals surface area contributed by atoms with Crippen LogP contribution in [-0.4, -0.2) is 35.8 Å². The van der Waals surface area contributed by atoms with E-state index >= 15 is 0 Å². The third-order valence-corrected chi connectivity index (χ3v) is 8.15. The highest BCUT2D eigenvalue weighted by molar-refractivity contribution is 7.91. The van der Waals surface area contributed by atoms with E-state index in [-0.39, 0.29) is 12.0 Å². The van der Waals surface area contributed by atoms with Crippen molar-refractivity contribution >= 4 is 38.9 Å². The summed E-state index contributed by atoms with van der Waals surface area (Å²) >= 11 is 2.84. The molecule has 2 atom stereocenters. The molecule has 4 rings (SSSR count). The standard InChI is InChI=1S/C17H16N2O2S3.CH2O3/c1-11-10-18-17(22-11)15-7-8-16(23-15)24(20,21)19-14-9-13(14)12-5-3-2-4-6-12;2-1(3)4/h2-8,10,13-14,19H,9H2,1H3;(H2,2,3,4)/t13-,14+;/m1./s1. The number of thiophene rings is 1. The van der Waals surface area contributed by atoms with Gasteiger partial charge in [-0.1, -0.05) is 30.3 Å². The van der Waals surface area contributed by atoms with Gasteiger partial charge in [0.1, 0.15) is 9.22 Å². The van der Waals surface area contributed by atoms with Crippen molar-refractivity contribution in [1.82, 2.24) is 9.71 Å². The first-order chi connectivity index (χ1) is 13.3. The molecule has 1 saturated carbocycles. The van der Waals surface area contributed by atoms with Crippen LogP contribution in [0.3, 0.4) is 0 Å². The lowest BCUT2D eigenvalue weighted by Crippen LogP contribution is -2.26. The van der Waals surface area contributed by atoms with Gasteiger partial charge in [0.15, 0.2) is 0 Å². The zero-order chi connectivity index (χ0) is 20.3. The van der Waals surface area contributed by atoms with E-state index < -0.39 is 16.2 Å². The highest BCUT2D eigenvalue weighted by Gasteiger charge is 2.41. The first-order valence-corrected chi connectivity index (χ1v) is 11.4. The molecule has 0 amide bonds. The lowest BCUT2D eigenvalue weighted by molar-refractivity contribution is 0.137. The molecule has 1 aromatic carbocycles. The summed E-state index contributed by atoms with van der Waals surface area (Å²) in [4.78, 5) is 14.9. The van der Waals surface area contributed by atoms with Gasteiger partial charge in [0.25, 0.3) is 0 Å². The second kappa shape index (κ2) is 8.39. The van der Waals surface area contributed by atoms with Crippen molar-refractivity contribution in [1.29, 1.82) is 0 Å². The van der Waals surface area contributed by atoms with Gasteiger partial charge in [-0.25, -0.2) is 22.9 Å². The maximum Gasteiger partial charge on any atom is 0.503 e. The first-order valence-electron chi connectivity index (χ1n) is 8.28. The van der Waals surface area contributed by atoms with Gasteiger partial charge in [-0.05, 0) is 31.0 Å². The van der Waals surface area contributed by atoms with Crippen molar-refractivity contribution < 1.29 is 23.4 Å². The van der Waals surface area contributed by atoms with Gasteiger partial charge < -0.3 is 10.2 Å². The Bertz CT molecular complexity index is 1060. The molecule has 1 aliphatic rings. The largest absolute Gasteiger partial charge is 0.503 e. The topological polar surface area (TPSA) is 117 Å². The smallest absolute Gasteiger partial charge is 0.450 e. The van der Waals surface area contributed by atoms with Crippen LogP contribution in [0.25, 0.3) is 9.88 Å². The van der Waals surface area contributed by atoms with Crippen LogP contribution in [0.5, 0.6) is 0 Å². The quantitative estimate of drug-likeness (QED) is 0.549. The molecule has 0 aliphatic heterocycles. The van der Waals surface area contributed by atoms with Gasteiger partial charge in [-0.15, -0.1) is 22.7 Å². The van der Waals surface area contributed by atoms with Crippen LogP contribution in [0.4, 0.5) is 4.79 Å². The zero-order valence-electron chi connectivity index (χ0n) is 14.8. The predicted octanol–water partition coefficient (Wildman–Crippen LogP) is 4.24. The van der Waals surface area contributed by atoms with E-state index in [4.69, 9.17) is 15.0 Å². The van der Waals surface area contributed by atoms with E-state index in [2.05, 4.69) is 9.71 Å². The summed E-state index contributed by atoms with van der Waals surface area (Å²) in [7, 11) is -3.47. The summed E-state index contributed by atoms with van der Waals surface area (Å²) in [5.74, 6) is 0.280. The number of aryl methyl sites for hydroxylation is 1. The van der Waals surface area contributed by atoms with Gasteiger partial charge in [-0.3, -0.25) is 0 Å². The Kier molecular flexibility index (Phi) is 6.14. The summed E-state index contributed by atoms with van der Waals surface area (Å²) in [6.07, 6.45) is 0.827. The van der Waals surface area contributed by atoms with Crippen molar-refractivity contribution in [2.75, 3.05) is 0 Å². The molecule has 10 heteroatoms. The van der Waals surface area contributed by atoms with Crippen LogP contribution < -0.4 is 4.72 Å².